The van der Waals surface area contributed by atoms with Crippen molar-refractivity contribution in [2.45, 2.75) is 25.9 Å². The summed E-state index contributed by atoms with van der Waals surface area (Å²) in [6.07, 6.45) is 1.80. The predicted octanol–water partition coefficient (Wildman–Crippen LogP) is 5.61. The number of aromatic nitrogens is 3. The average molecular weight is 593 g/mol. The van der Waals surface area contributed by atoms with Gasteiger partial charge in [0, 0.05) is 55.0 Å². The second-order valence-electron chi connectivity index (χ2n) is 9.58. The first-order valence-electron chi connectivity index (χ1n) is 13.4. The Morgan fingerprint density at radius 1 is 1.17 bits per heavy atom. The van der Waals surface area contributed by atoms with Crippen molar-refractivity contribution in [2.24, 2.45) is 0 Å². The Morgan fingerprint density at radius 2 is 1.98 bits per heavy atom. The molecule has 0 fully saturated rings. The number of hydrogen-bond donors (Lipinski definition) is 0. The van der Waals surface area contributed by atoms with Gasteiger partial charge in [0.2, 0.25) is 5.91 Å². The van der Waals surface area contributed by atoms with Crippen molar-refractivity contribution in [1.82, 2.24) is 19.7 Å². The van der Waals surface area contributed by atoms with E-state index in [1.807, 2.05) is 29.1 Å². The summed E-state index contributed by atoms with van der Waals surface area (Å²) in [5.41, 5.74) is 2.65. The molecule has 4 aromatic rings. The largest absolute Gasteiger partial charge is 0.490 e. The zero-order valence-corrected chi connectivity index (χ0v) is 24.4. The van der Waals surface area contributed by atoms with Crippen LogP contribution >= 0.6 is 11.3 Å². The van der Waals surface area contributed by atoms with Crippen LogP contribution in [-0.4, -0.2) is 66.2 Å². The summed E-state index contributed by atoms with van der Waals surface area (Å²) < 4.78 is 48.8. The minimum absolute atomic E-state index is 0.0290. The van der Waals surface area contributed by atoms with E-state index in [4.69, 9.17) is 24.3 Å². The summed E-state index contributed by atoms with van der Waals surface area (Å²) >= 11 is 1.40. The molecule has 1 aromatic carbocycles. The normalized spacial score (nSPS) is 14.4. The highest BCUT2D eigenvalue weighted by molar-refractivity contribution is 7.17. The van der Waals surface area contributed by atoms with Gasteiger partial charge in [0.15, 0.2) is 0 Å². The highest BCUT2D eigenvalue weighted by Gasteiger charge is 2.31. The number of amides is 1. The van der Waals surface area contributed by atoms with Gasteiger partial charge in [0.25, 0.3) is 0 Å². The van der Waals surface area contributed by atoms with Crippen LogP contribution in [0.5, 0.6) is 5.75 Å². The summed E-state index contributed by atoms with van der Waals surface area (Å²) in [5.74, 6) is 4.54. The van der Waals surface area contributed by atoms with Crippen LogP contribution < -0.4 is 4.74 Å². The van der Waals surface area contributed by atoms with Crippen molar-refractivity contribution in [3.05, 3.63) is 65.3 Å². The molecule has 1 aliphatic rings. The third-order valence-electron chi connectivity index (χ3n) is 7.02. The fourth-order valence-corrected chi connectivity index (χ4v) is 5.96. The molecular weight excluding hydrogens is 562 g/mol. The molecule has 4 heterocycles. The lowest BCUT2D eigenvalue weighted by Crippen LogP contribution is -2.40. The minimum atomic E-state index is -0.792. The van der Waals surface area contributed by atoms with Crippen molar-refractivity contribution in [3.63, 3.8) is 0 Å². The smallest absolute Gasteiger partial charge is 0.246 e. The van der Waals surface area contributed by atoms with Crippen LogP contribution in [0.3, 0.4) is 0 Å². The van der Waals surface area contributed by atoms with Gasteiger partial charge in [0.05, 0.1) is 37.1 Å². The number of pyridine rings is 1. The first-order chi connectivity index (χ1) is 20.4. The van der Waals surface area contributed by atoms with Crippen LogP contribution in [0.15, 0.2) is 42.3 Å². The van der Waals surface area contributed by atoms with Gasteiger partial charge in [-0.2, -0.15) is 5.10 Å². The molecule has 0 radical (unpaired) electrons. The molecule has 0 saturated heterocycles. The van der Waals surface area contributed by atoms with Crippen molar-refractivity contribution in [1.29, 1.82) is 0 Å². The fraction of sp³-hybridized carbons (Fsp3) is 0.323. The number of carbonyl (C=O) groups excluding carboxylic acids is 1. The standard InChI is InChI=1S/C31H30F2N4O4S/c1-5-27(38)36-10-11-37-25(19(36)2)18-24(35-37)30-29(28-22(33)16-20(32)17-26(28)41-14-13-40-4)31-21(9-15-42-31)23(34-30)8-6-7-12-39-3/h5,9,15-19H,1,7,10-14H2,2-4H3. The number of fused-ring (bicyclic) bond motifs is 2. The number of hydrogen-bond acceptors (Lipinski definition) is 7. The molecule has 0 bridgehead atoms. The zero-order chi connectivity index (χ0) is 29.8. The quantitative estimate of drug-likeness (QED) is 0.143. The average Bonchev–Trinajstić information content (AvgIpc) is 3.64. The van der Waals surface area contributed by atoms with Crippen LogP contribution in [0.4, 0.5) is 8.78 Å². The van der Waals surface area contributed by atoms with Crippen LogP contribution in [0, 0.1) is 23.5 Å². The van der Waals surface area contributed by atoms with Gasteiger partial charge in [-0.1, -0.05) is 12.5 Å². The van der Waals surface area contributed by atoms with Crippen LogP contribution in [0.25, 0.3) is 32.6 Å². The lowest BCUT2D eigenvalue weighted by Gasteiger charge is -2.33. The first-order valence-corrected chi connectivity index (χ1v) is 14.3. The molecule has 0 saturated carbocycles. The maximum absolute atomic E-state index is 15.8. The zero-order valence-electron chi connectivity index (χ0n) is 23.6. The van der Waals surface area contributed by atoms with Crippen molar-refractivity contribution in [3.8, 4) is 40.1 Å². The molecule has 5 rings (SSSR count). The second-order valence-corrected chi connectivity index (χ2v) is 10.5. The number of carbonyl (C=O) groups is 1. The molecule has 218 valence electrons. The summed E-state index contributed by atoms with van der Waals surface area (Å²) in [6.45, 7) is 7.27. The van der Waals surface area contributed by atoms with Crippen LogP contribution in [0.1, 0.15) is 30.8 Å². The van der Waals surface area contributed by atoms with E-state index in [1.54, 1.807) is 12.0 Å². The molecule has 0 N–H and O–H groups in total. The Hall–Kier alpha value is -4.11. The van der Waals surface area contributed by atoms with Gasteiger partial charge >= 0.3 is 0 Å². The van der Waals surface area contributed by atoms with E-state index in [1.165, 1.54) is 24.5 Å². The van der Waals surface area contributed by atoms with Gasteiger partial charge < -0.3 is 19.1 Å². The molecule has 1 aliphatic heterocycles. The second kappa shape index (κ2) is 12.8. The summed E-state index contributed by atoms with van der Waals surface area (Å²) in [6, 6.07) is 5.46. The lowest BCUT2D eigenvalue weighted by atomic mass is 9.97. The molecule has 8 nitrogen and oxygen atoms in total. The summed E-state index contributed by atoms with van der Waals surface area (Å²) in [5, 5.41) is 7.45. The molecule has 0 spiro atoms. The highest BCUT2D eigenvalue weighted by atomic mass is 32.1. The molecule has 0 aliphatic carbocycles. The van der Waals surface area contributed by atoms with Gasteiger partial charge in [-0.3, -0.25) is 9.48 Å². The number of methoxy groups -OCH3 is 2. The van der Waals surface area contributed by atoms with Gasteiger partial charge in [-0.25, -0.2) is 13.8 Å². The number of thiophene rings is 1. The first kappa shape index (κ1) is 29.4. The third kappa shape index (κ3) is 5.66. The highest BCUT2D eigenvalue weighted by Crippen LogP contribution is 2.45. The molecule has 3 aromatic heterocycles. The number of benzene rings is 1. The number of rotatable bonds is 9. The lowest BCUT2D eigenvalue weighted by molar-refractivity contribution is -0.129. The van der Waals surface area contributed by atoms with E-state index in [0.717, 1.165) is 23.2 Å². The Kier molecular flexibility index (Phi) is 8.97. The maximum atomic E-state index is 15.8. The molecule has 11 heteroatoms. The molecule has 42 heavy (non-hydrogen) atoms. The van der Waals surface area contributed by atoms with E-state index in [0.29, 0.717) is 53.5 Å². The van der Waals surface area contributed by atoms with Crippen LogP contribution in [-0.2, 0) is 20.8 Å². The van der Waals surface area contributed by atoms with E-state index in [2.05, 4.69) is 18.4 Å². The van der Waals surface area contributed by atoms with E-state index >= 15 is 4.39 Å². The predicted molar refractivity (Wildman–Crippen MR) is 157 cm³/mol. The van der Waals surface area contributed by atoms with Crippen molar-refractivity contribution < 1.29 is 27.8 Å². The SMILES string of the molecule is C=CC(=O)N1CCn2nc(-c3nc(C#CCCOC)c4ccsc4c3-c3c(F)cc(F)cc3OCCOC)cc2C1C. The van der Waals surface area contributed by atoms with Gasteiger partial charge in [-0.05, 0) is 36.4 Å². The molecule has 1 unspecified atom stereocenters. The van der Waals surface area contributed by atoms with E-state index < -0.39 is 11.6 Å². The van der Waals surface area contributed by atoms with E-state index in [9.17, 15) is 9.18 Å². The fourth-order valence-electron chi connectivity index (χ4n) is 5.01. The van der Waals surface area contributed by atoms with Gasteiger partial charge in [0.1, 0.15) is 41.1 Å². The third-order valence-corrected chi connectivity index (χ3v) is 7.95. The summed E-state index contributed by atoms with van der Waals surface area (Å²) in [4.78, 5) is 19.1. The Balaban J connectivity index is 1.76. The van der Waals surface area contributed by atoms with Crippen molar-refractivity contribution in [2.75, 3.05) is 40.6 Å². The van der Waals surface area contributed by atoms with Crippen LogP contribution in [0.2, 0.25) is 0 Å². The van der Waals surface area contributed by atoms with E-state index in [-0.39, 0.29) is 36.5 Å². The molecule has 1 amide bonds. The van der Waals surface area contributed by atoms with Crippen molar-refractivity contribution >= 4 is 27.3 Å². The maximum Gasteiger partial charge on any atom is 0.246 e. The minimum Gasteiger partial charge on any atom is -0.490 e. The Bertz CT molecular complexity index is 1700. The topological polar surface area (TPSA) is 78.7 Å². The van der Waals surface area contributed by atoms with Gasteiger partial charge in [-0.15, -0.1) is 11.3 Å². The number of nitrogens with zero attached hydrogens (tertiary/aromatic N) is 4. The Labute approximate surface area is 246 Å². The molecular formula is C31H30F2N4O4S. The Morgan fingerprint density at radius 3 is 2.74 bits per heavy atom. The number of ether oxygens (including phenoxy) is 3. The molecule has 1 atom stereocenters. The monoisotopic (exact) mass is 592 g/mol. The number of halogens is 2. The summed E-state index contributed by atoms with van der Waals surface area (Å²) in [7, 11) is 3.13.